The lowest BCUT2D eigenvalue weighted by Gasteiger charge is -2.16. The Morgan fingerprint density at radius 3 is 2.66 bits per heavy atom. The second-order valence-corrected chi connectivity index (χ2v) is 6.65. The van der Waals surface area contributed by atoms with Gasteiger partial charge in [-0.15, -0.1) is 0 Å². The van der Waals surface area contributed by atoms with Crippen LogP contribution in [0.1, 0.15) is 11.8 Å². The molecule has 3 heterocycles. The highest BCUT2D eigenvalue weighted by atomic mass is 16.6. The van der Waals surface area contributed by atoms with Gasteiger partial charge in [0.05, 0.1) is 12.7 Å². The average Bonchev–Trinajstić information content (AvgIpc) is 3.24. The molecule has 11 nitrogen and oxygen atoms in total. The summed E-state index contributed by atoms with van der Waals surface area (Å²) in [6.07, 6.45) is -1.52. The number of nitrogen functional groups attached to an aromatic ring is 1. The first-order valence-electron chi connectivity index (χ1n) is 8.82. The van der Waals surface area contributed by atoms with Gasteiger partial charge in [0.2, 0.25) is 0 Å². The smallest absolute Gasteiger partial charge is 0.307 e. The minimum atomic E-state index is -1.23. The van der Waals surface area contributed by atoms with Gasteiger partial charge in [0, 0.05) is 0 Å². The van der Waals surface area contributed by atoms with Crippen LogP contribution >= 0.6 is 0 Å². The van der Waals surface area contributed by atoms with Crippen molar-refractivity contribution in [3.05, 3.63) is 42.5 Å². The molecule has 0 spiro atoms. The van der Waals surface area contributed by atoms with Crippen molar-refractivity contribution in [1.82, 2.24) is 19.5 Å². The SMILES string of the molecule is Nc1ncnc2c1ncn2[C@@H]1O[C@H](COc2ccc(CC(=O)O)cc2)[C@@H](O)[C@H]1O. The molecule has 4 atom stereocenters. The summed E-state index contributed by atoms with van der Waals surface area (Å²) in [5.74, 6) is -0.227. The van der Waals surface area contributed by atoms with E-state index in [1.807, 2.05) is 0 Å². The first-order chi connectivity index (χ1) is 13.9. The van der Waals surface area contributed by atoms with Gasteiger partial charge >= 0.3 is 5.97 Å². The van der Waals surface area contributed by atoms with Crippen molar-refractivity contribution >= 4 is 23.0 Å². The molecule has 0 unspecified atom stereocenters. The van der Waals surface area contributed by atoms with Gasteiger partial charge < -0.3 is 30.5 Å². The number of carboxylic acids is 1. The van der Waals surface area contributed by atoms with E-state index in [1.54, 1.807) is 24.3 Å². The molecule has 3 aromatic rings. The lowest BCUT2D eigenvalue weighted by molar-refractivity contribution is -0.136. The second-order valence-electron chi connectivity index (χ2n) is 6.65. The van der Waals surface area contributed by atoms with E-state index < -0.39 is 30.5 Å². The third kappa shape index (κ3) is 3.70. The maximum absolute atomic E-state index is 10.7. The lowest BCUT2D eigenvalue weighted by atomic mass is 10.1. The molecule has 2 aromatic heterocycles. The van der Waals surface area contributed by atoms with E-state index in [1.165, 1.54) is 17.2 Å². The van der Waals surface area contributed by atoms with Gasteiger partial charge in [-0.25, -0.2) is 15.0 Å². The highest BCUT2D eigenvalue weighted by molar-refractivity contribution is 5.81. The number of benzene rings is 1. The number of aliphatic carboxylic acids is 1. The van der Waals surface area contributed by atoms with Crippen LogP contribution in [-0.4, -0.2) is 65.7 Å². The zero-order valence-corrected chi connectivity index (χ0v) is 15.1. The molecule has 0 radical (unpaired) electrons. The molecule has 152 valence electrons. The van der Waals surface area contributed by atoms with Crippen LogP contribution in [-0.2, 0) is 16.0 Å². The number of fused-ring (bicyclic) bond motifs is 1. The minimum absolute atomic E-state index is 0.0171. The number of aliphatic hydroxyl groups excluding tert-OH is 2. The molecule has 1 aromatic carbocycles. The number of hydrogen-bond donors (Lipinski definition) is 4. The Morgan fingerprint density at radius 1 is 1.17 bits per heavy atom. The van der Waals surface area contributed by atoms with Crippen LogP contribution in [0.15, 0.2) is 36.9 Å². The minimum Gasteiger partial charge on any atom is -0.491 e. The number of ether oxygens (including phenoxy) is 2. The molecule has 29 heavy (non-hydrogen) atoms. The molecule has 0 amide bonds. The van der Waals surface area contributed by atoms with E-state index in [0.29, 0.717) is 22.5 Å². The van der Waals surface area contributed by atoms with Crippen molar-refractivity contribution < 1.29 is 29.6 Å². The first-order valence-corrected chi connectivity index (χ1v) is 8.82. The number of aliphatic hydroxyl groups is 2. The number of carbonyl (C=O) groups is 1. The maximum atomic E-state index is 10.7. The fourth-order valence-corrected chi connectivity index (χ4v) is 3.21. The van der Waals surface area contributed by atoms with Crippen LogP contribution < -0.4 is 10.5 Å². The van der Waals surface area contributed by atoms with E-state index in [9.17, 15) is 15.0 Å². The van der Waals surface area contributed by atoms with Gasteiger partial charge in [-0.2, -0.15) is 0 Å². The van der Waals surface area contributed by atoms with Crippen molar-refractivity contribution in [3.8, 4) is 5.75 Å². The summed E-state index contributed by atoms with van der Waals surface area (Å²) in [4.78, 5) is 22.8. The van der Waals surface area contributed by atoms with Crippen molar-refractivity contribution in [1.29, 1.82) is 0 Å². The van der Waals surface area contributed by atoms with Crippen LogP contribution in [0.5, 0.6) is 5.75 Å². The topological polar surface area (TPSA) is 166 Å². The molecule has 1 fully saturated rings. The number of nitrogens with two attached hydrogens (primary N) is 1. The summed E-state index contributed by atoms with van der Waals surface area (Å²) in [5, 5.41) is 29.6. The summed E-state index contributed by atoms with van der Waals surface area (Å²) < 4.78 is 12.9. The Labute approximate surface area is 164 Å². The first kappa shape index (κ1) is 19.1. The molecular formula is C18H19N5O6. The fraction of sp³-hybridized carbons (Fsp3) is 0.333. The van der Waals surface area contributed by atoms with Crippen LogP contribution in [0, 0.1) is 0 Å². The Balaban J connectivity index is 1.44. The summed E-state index contributed by atoms with van der Waals surface area (Å²) in [6.45, 7) is -0.0171. The average molecular weight is 401 g/mol. The largest absolute Gasteiger partial charge is 0.491 e. The molecule has 1 saturated heterocycles. The van der Waals surface area contributed by atoms with Crippen LogP contribution in [0.3, 0.4) is 0 Å². The molecule has 1 aliphatic rings. The molecule has 11 heteroatoms. The van der Waals surface area contributed by atoms with Gasteiger partial charge in [0.1, 0.15) is 42.5 Å². The van der Waals surface area contributed by atoms with Crippen molar-refractivity contribution in [3.63, 3.8) is 0 Å². The quantitative estimate of drug-likeness (QED) is 0.432. The van der Waals surface area contributed by atoms with Gasteiger partial charge in [-0.05, 0) is 17.7 Å². The maximum Gasteiger partial charge on any atom is 0.307 e. The highest BCUT2D eigenvalue weighted by Gasteiger charge is 2.44. The predicted molar refractivity (Wildman–Crippen MR) is 98.9 cm³/mol. The highest BCUT2D eigenvalue weighted by Crippen LogP contribution is 2.32. The molecule has 4 rings (SSSR count). The van der Waals surface area contributed by atoms with Gasteiger partial charge in [-0.3, -0.25) is 9.36 Å². The van der Waals surface area contributed by atoms with Gasteiger partial charge in [-0.1, -0.05) is 12.1 Å². The van der Waals surface area contributed by atoms with E-state index in [0.717, 1.165) is 0 Å². The predicted octanol–water partition coefficient (Wildman–Crippen LogP) is -0.266. The number of hydrogen-bond acceptors (Lipinski definition) is 9. The molecule has 5 N–H and O–H groups in total. The standard InChI is InChI=1S/C18H19N5O6/c19-16-13-17(21-7-20-16)23(8-22-13)18-15(27)14(26)11(29-18)6-28-10-3-1-9(2-4-10)5-12(24)25/h1-4,7-8,11,14-15,18,26-27H,5-6H2,(H,24,25)(H2,19,20,21)/t11-,14-,15-,18-/m1/s1. The molecule has 1 aliphatic heterocycles. The van der Waals surface area contributed by atoms with Crippen molar-refractivity contribution in [2.24, 2.45) is 0 Å². The number of carboxylic acid groups (broad SMARTS) is 1. The number of rotatable bonds is 6. The van der Waals surface area contributed by atoms with Gasteiger partial charge in [0.15, 0.2) is 17.7 Å². The molecule has 0 aliphatic carbocycles. The Kier molecular flexibility index (Phi) is 5.01. The molecule has 0 bridgehead atoms. The summed E-state index contributed by atoms with van der Waals surface area (Å²) in [5.41, 5.74) is 7.17. The van der Waals surface area contributed by atoms with E-state index in [4.69, 9.17) is 20.3 Å². The van der Waals surface area contributed by atoms with Crippen LogP contribution in [0.25, 0.3) is 11.2 Å². The van der Waals surface area contributed by atoms with Crippen molar-refractivity contribution in [2.45, 2.75) is 31.0 Å². The third-order valence-electron chi connectivity index (χ3n) is 4.69. The third-order valence-corrected chi connectivity index (χ3v) is 4.69. The Bertz CT molecular complexity index is 1020. The van der Waals surface area contributed by atoms with E-state index >= 15 is 0 Å². The molecular weight excluding hydrogens is 382 g/mol. The second kappa shape index (κ2) is 7.62. The van der Waals surface area contributed by atoms with Gasteiger partial charge in [0.25, 0.3) is 0 Å². The van der Waals surface area contributed by atoms with Crippen LogP contribution in [0.4, 0.5) is 5.82 Å². The van der Waals surface area contributed by atoms with Crippen molar-refractivity contribution in [2.75, 3.05) is 12.3 Å². The normalized spacial score (nSPS) is 24.1. The summed E-state index contributed by atoms with van der Waals surface area (Å²) >= 11 is 0. The lowest BCUT2D eigenvalue weighted by Crippen LogP contribution is -2.34. The Hall–Kier alpha value is -3.28. The zero-order chi connectivity index (χ0) is 20.5. The van der Waals surface area contributed by atoms with E-state index in [2.05, 4.69) is 15.0 Å². The number of anilines is 1. The summed E-state index contributed by atoms with van der Waals surface area (Å²) in [6, 6.07) is 6.57. The number of aromatic nitrogens is 4. The van der Waals surface area contributed by atoms with E-state index in [-0.39, 0.29) is 18.8 Å². The Morgan fingerprint density at radius 2 is 1.93 bits per heavy atom. The monoisotopic (exact) mass is 401 g/mol. The summed E-state index contributed by atoms with van der Waals surface area (Å²) in [7, 11) is 0. The fourth-order valence-electron chi connectivity index (χ4n) is 3.21. The number of nitrogens with zero attached hydrogens (tertiary/aromatic N) is 4. The zero-order valence-electron chi connectivity index (χ0n) is 15.1. The van der Waals surface area contributed by atoms with Crippen LogP contribution in [0.2, 0.25) is 0 Å². The molecule has 0 saturated carbocycles. The number of imidazole rings is 1.